The Balaban J connectivity index is 2.13. The number of allylic oxidation sites excluding steroid dienone is 12. The Morgan fingerprint density at radius 3 is 1.68 bits per heavy atom. The predicted molar refractivity (Wildman–Crippen MR) is 202 cm³/mol. The SMILES string of the molecule is CC1C2C[C@@H](O)/C=C/C=C/C=C/C=C/C=C/C=C/C=C/[C@H](C)[C@@H](O)[C@@H](C)[C@H](C)OC(=O)C[C@H](O)C[C@H](O)C[C@H](O)CC[C@@H](O)[C@H](O)C[C@](O)(C[C@@H]1O)O2. The van der Waals surface area contributed by atoms with Crippen LogP contribution >= 0.6 is 0 Å². The lowest BCUT2D eigenvalue weighted by Gasteiger charge is -2.45. The zero-order valence-electron chi connectivity index (χ0n) is 31.5. The summed E-state index contributed by atoms with van der Waals surface area (Å²) < 4.78 is 11.3. The Hall–Kier alpha value is -2.75. The lowest BCUT2D eigenvalue weighted by molar-refractivity contribution is -0.302. The lowest BCUT2D eigenvalue weighted by Crippen LogP contribution is -2.53. The Kier molecular flexibility index (Phi) is 20.9. The van der Waals surface area contributed by atoms with Crippen molar-refractivity contribution in [3.8, 4) is 0 Å². The van der Waals surface area contributed by atoms with E-state index in [1.807, 2.05) is 67.7 Å². The maximum atomic E-state index is 12.5. The van der Waals surface area contributed by atoms with Crippen LogP contribution in [-0.2, 0) is 14.3 Å². The molecule has 14 atom stereocenters. The average molecular weight is 749 g/mol. The number of rotatable bonds is 0. The lowest BCUT2D eigenvalue weighted by atomic mass is 9.84. The van der Waals surface area contributed by atoms with Crippen molar-refractivity contribution >= 4 is 5.97 Å². The predicted octanol–water partition coefficient (Wildman–Crippen LogP) is 2.83. The fourth-order valence-corrected chi connectivity index (χ4v) is 6.35. The fraction of sp³-hybridized carbons (Fsp3) is 0.634. The molecule has 0 spiro atoms. The number of carbonyl (C=O) groups is 1. The highest BCUT2D eigenvalue weighted by Gasteiger charge is 2.46. The van der Waals surface area contributed by atoms with Crippen LogP contribution in [0.4, 0.5) is 0 Å². The third-order valence-corrected chi connectivity index (χ3v) is 9.93. The van der Waals surface area contributed by atoms with E-state index in [1.165, 1.54) is 0 Å². The first-order chi connectivity index (χ1) is 25.0. The van der Waals surface area contributed by atoms with Crippen molar-refractivity contribution in [3.05, 3.63) is 85.1 Å². The number of aliphatic hydroxyl groups excluding tert-OH is 8. The van der Waals surface area contributed by atoms with E-state index in [-0.39, 0.29) is 44.4 Å². The van der Waals surface area contributed by atoms with Crippen LogP contribution in [-0.4, -0.2) is 119 Å². The maximum Gasteiger partial charge on any atom is 0.308 e. The molecule has 0 aromatic rings. The molecule has 1 saturated heterocycles. The first-order valence-electron chi connectivity index (χ1n) is 18.7. The monoisotopic (exact) mass is 748 g/mol. The third-order valence-electron chi connectivity index (χ3n) is 9.93. The summed E-state index contributed by atoms with van der Waals surface area (Å²) in [6.07, 6.45) is 13.3. The molecule has 2 bridgehead atoms. The first-order valence-corrected chi connectivity index (χ1v) is 18.7. The van der Waals surface area contributed by atoms with Crippen molar-refractivity contribution in [1.29, 1.82) is 0 Å². The molecule has 2 rings (SSSR count). The summed E-state index contributed by atoms with van der Waals surface area (Å²) in [6.45, 7) is 7.03. The number of cyclic esters (lactones) is 1. The smallest absolute Gasteiger partial charge is 0.308 e. The Morgan fingerprint density at radius 2 is 1.09 bits per heavy atom. The van der Waals surface area contributed by atoms with Crippen LogP contribution in [0.1, 0.15) is 79.1 Å². The van der Waals surface area contributed by atoms with Crippen LogP contribution in [0, 0.1) is 17.8 Å². The molecule has 0 radical (unpaired) electrons. The van der Waals surface area contributed by atoms with Crippen LogP contribution in [0.5, 0.6) is 0 Å². The molecule has 300 valence electrons. The number of carbonyl (C=O) groups excluding carboxylic acids is 1. The number of aliphatic hydroxyl groups is 9. The largest absolute Gasteiger partial charge is 0.462 e. The summed E-state index contributed by atoms with van der Waals surface area (Å²) >= 11 is 0. The Labute approximate surface area is 314 Å². The number of hydrogen-bond donors (Lipinski definition) is 9. The summed E-state index contributed by atoms with van der Waals surface area (Å²) in [6, 6.07) is 0. The zero-order chi connectivity index (χ0) is 39.6. The maximum absolute atomic E-state index is 12.5. The highest BCUT2D eigenvalue weighted by Crippen LogP contribution is 2.37. The molecule has 12 heteroatoms. The normalized spacial score (nSPS) is 44.4. The summed E-state index contributed by atoms with van der Waals surface area (Å²) in [5, 5.41) is 95.8. The van der Waals surface area contributed by atoms with Gasteiger partial charge in [-0.1, -0.05) is 106 Å². The second-order valence-electron chi connectivity index (χ2n) is 14.7. The van der Waals surface area contributed by atoms with Gasteiger partial charge in [-0.25, -0.2) is 0 Å². The van der Waals surface area contributed by atoms with Gasteiger partial charge in [0.1, 0.15) is 6.10 Å². The number of esters is 1. The number of ether oxygens (including phenoxy) is 2. The summed E-state index contributed by atoms with van der Waals surface area (Å²) in [5.74, 6) is -3.74. The van der Waals surface area contributed by atoms with E-state index in [2.05, 4.69) is 0 Å². The number of fused-ring (bicyclic) bond motifs is 2. The fourth-order valence-electron chi connectivity index (χ4n) is 6.35. The molecule has 0 saturated carbocycles. The van der Waals surface area contributed by atoms with Crippen LogP contribution < -0.4 is 0 Å². The molecule has 1 fully saturated rings. The van der Waals surface area contributed by atoms with Crippen molar-refractivity contribution in [1.82, 2.24) is 0 Å². The van der Waals surface area contributed by atoms with Gasteiger partial charge in [-0.05, 0) is 32.6 Å². The molecule has 2 unspecified atom stereocenters. The highest BCUT2D eigenvalue weighted by molar-refractivity contribution is 5.70. The molecule has 53 heavy (non-hydrogen) atoms. The molecular weight excluding hydrogens is 684 g/mol. The molecular formula is C41H64O12. The Morgan fingerprint density at radius 1 is 0.585 bits per heavy atom. The van der Waals surface area contributed by atoms with E-state index < -0.39 is 97.5 Å². The van der Waals surface area contributed by atoms with Gasteiger partial charge in [0.05, 0.1) is 61.4 Å². The van der Waals surface area contributed by atoms with E-state index >= 15 is 0 Å². The van der Waals surface area contributed by atoms with Gasteiger partial charge >= 0.3 is 5.97 Å². The van der Waals surface area contributed by atoms with Gasteiger partial charge in [-0.3, -0.25) is 4.79 Å². The minimum absolute atomic E-state index is 0.0207. The summed E-state index contributed by atoms with van der Waals surface area (Å²) in [4.78, 5) is 12.5. The van der Waals surface area contributed by atoms with Gasteiger partial charge in [0.25, 0.3) is 0 Å². The number of hydrogen-bond acceptors (Lipinski definition) is 12. The van der Waals surface area contributed by atoms with Crippen LogP contribution in [0.3, 0.4) is 0 Å². The zero-order valence-corrected chi connectivity index (χ0v) is 31.5. The molecule has 2 heterocycles. The molecule has 2 aliphatic heterocycles. The minimum Gasteiger partial charge on any atom is -0.462 e. The molecule has 0 amide bonds. The van der Waals surface area contributed by atoms with Gasteiger partial charge in [0, 0.05) is 37.0 Å². The van der Waals surface area contributed by atoms with Gasteiger partial charge in [0.2, 0.25) is 0 Å². The van der Waals surface area contributed by atoms with E-state index in [4.69, 9.17) is 9.47 Å². The molecule has 9 N–H and O–H groups in total. The van der Waals surface area contributed by atoms with Crippen LogP contribution in [0.25, 0.3) is 0 Å². The van der Waals surface area contributed by atoms with Crippen molar-refractivity contribution in [2.45, 2.75) is 146 Å². The molecule has 0 aromatic carbocycles. The topological polar surface area (TPSA) is 218 Å². The standard InChI is InChI=1S/C41H64O12/c1-27-17-15-13-11-9-7-5-6-8-10-12-14-16-18-31(42)23-38-29(3)36(47)25-41(51,53-38)26-37(48)35(46)20-19-32(43)21-33(44)22-34(45)24-39(49)52-30(4)28(2)40(27)50/h5-18,27-38,40,42-48,50-51H,19-26H2,1-4H3/b6-5+,9-7+,10-8+,13-11+,14-12+,17-15+,18-16+/t27-,28-,29?,30-,31-,32+,33+,34+,35+,36-,37+,38?,40+,41-/m0/s1. The van der Waals surface area contributed by atoms with Crippen molar-refractivity contribution < 1.29 is 60.2 Å². The molecule has 2 aliphatic rings. The second kappa shape index (κ2) is 23.9. The molecule has 12 nitrogen and oxygen atoms in total. The summed E-state index contributed by atoms with van der Waals surface area (Å²) in [7, 11) is 0. The van der Waals surface area contributed by atoms with Crippen molar-refractivity contribution in [3.63, 3.8) is 0 Å². The van der Waals surface area contributed by atoms with Gasteiger partial charge in [-0.15, -0.1) is 0 Å². The van der Waals surface area contributed by atoms with E-state index in [9.17, 15) is 50.8 Å². The first kappa shape index (κ1) is 46.4. The summed E-state index contributed by atoms with van der Waals surface area (Å²) in [5.41, 5.74) is 0. The quantitative estimate of drug-likeness (QED) is 0.164. The average Bonchev–Trinajstić information content (AvgIpc) is 3.07. The highest BCUT2D eigenvalue weighted by atomic mass is 16.6. The Bertz CT molecular complexity index is 1270. The second-order valence-corrected chi connectivity index (χ2v) is 14.7. The minimum atomic E-state index is -1.98. The van der Waals surface area contributed by atoms with Crippen LogP contribution in [0.15, 0.2) is 85.1 Å². The third kappa shape index (κ3) is 18.0. The van der Waals surface area contributed by atoms with E-state index in [0.717, 1.165) is 0 Å². The van der Waals surface area contributed by atoms with Gasteiger partial charge < -0.3 is 55.4 Å². The molecule has 0 aromatic heterocycles. The molecule has 0 aliphatic carbocycles. The van der Waals surface area contributed by atoms with E-state index in [1.54, 1.807) is 45.1 Å². The van der Waals surface area contributed by atoms with Crippen LogP contribution in [0.2, 0.25) is 0 Å². The van der Waals surface area contributed by atoms with Gasteiger partial charge in [0.15, 0.2) is 5.79 Å². The van der Waals surface area contributed by atoms with Crippen molar-refractivity contribution in [2.24, 2.45) is 17.8 Å². The van der Waals surface area contributed by atoms with Gasteiger partial charge in [-0.2, -0.15) is 0 Å². The van der Waals surface area contributed by atoms with Crippen molar-refractivity contribution in [2.75, 3.05) is 0 Å². The van der Waals surface area contributed by atoms with E-state index in [0.29, 0.717) is 0 Å².